The predicted molar refractivity (Wildman–Crippen MR) is 94.3 cm³/mol. The fourth-order valence-corrected chi connectivity index (χ4v) is 5.03. The summed E-state index contributed by atoms with van der Waals surface area (Å²) in [4.78, 5) is 24.1. The van der Waals surface area contributed by atoms with Gasteiger partial charge < -0.3 is 16.0 Å². The second kappa shape index (κ2) is 7.70. The van der Waals surface area contributed by atoms with Crippen molar-refractivity contribution in [3.8, 4) is 0 Å². The minimum absolute atomic E-state index is 0.00317. The van der Waals surface area contributed by atoms with Crippen LogP contribution in [-0.4, -0.2) is 50.7 Å². The molecule has 3 rings (SSSR count). The smallest absolute Gasteiger partial charge is 0.234 e. The lowest BCUT2D eigenvalue weighted by Gasteiger charge is -2.38. The third kappa shape index (κ3) is 4.92. The number of piperidine rings is 1. The van der Waals surface area contributed by atoms with Gasteiger partial charge in [0.05, 0.1) is 18.3 Å². The summed E-state index contributed by atoms with van der Waals surface area (Å²) in [7, 11) is -3.13. The average Bonchev–Trinajstić information content (AvgIpc) is 2.94. The Bertz CT molecular complexity index is 686. The van der Waals surface area contributed by atoms with Gasteiger partial charge in [0.25, 0.3) is 0 Å². The van der Waals surface area contributed by atoms with Gasteiger partial charge in [-0.15, -0.1) is 0 Å². The van der Waals surface area contributed by atoms with E-state index in [2.05, 4.69) is 28.1 Å². The van der Waals surface area contributed by atoms with Gasteiger partial charge in [-0.25, -0.2) is 8.42 Å². The third-order valence-corrected chi connectivity index (χ3v) is 6.46. The molecule has 3 aliphatic rings. The van der Waals surface area contributed by atoms with Crippen molar-refractivity contribution in [3.63, 3.8) is 0 Å². The van der Waals surface area contributed by atoms with E-state index in [-0.39, 0.29) is 42.2 Å². The van der Waals surface area contributed by atoms with E-state index in [1.54, 1.807) is 6.08 Å². The summed E-state index contributed by atoms with van der Waals surface area (Å²) in [5.41, 5.74) is 0. The molecule has 2 amide bonds. The van der Waals surface area contributed by atoms with Gasteiger partial charge in [-0.1, -0.05) is 18.2 Å². The maximum absolute atomic E-state index is 12.3. The van der Waals surface area contributed by atoms with Crippen molar-refractivity contribution in [1.29, 1.82) is 0 Å². The number of carbonyl (C=O) groups excluding carboxylic acids is 2. The molecule has 0 bridgehead atoms. The number of nitrogens with one attached hydrogen (secondary N) is 3. The molecule has 138 valence electrons. The first kappa shape index (κ1) is 18.1. The molecule has 2 heterocycles. The number of allylic oxidation sites excluding steroid dienone is 2. The van der Waals surface area contributed by atoms with Crippen LogP contribution in [0.15, 0.2) is 23.6 Å². The van der Waals surface area contributed by atoms with Crippen molar-refractivity contribution in [2.75, 3.05) is 12.3 Å². The number of hydrogen-bond acceptors (Lipinski definition) is 5. The van der Waals surface area contributed by atoms with E-state index in [9.17, 15) is 18.0 Å². The van der Waals surface area contributed by atoms with Gasteiger partial charge in [0.15, 0.2) is 9.84 Å². The first-order valence-electron chi connectivity index (χ1n) is 8.81. The summed E-state index contributed by atoms with van der Waals surface area (Å²) in [5.74, 6) is 0.215. The van der Waals surface area contributed by atoms with E-state index in [0.717, 1.165) is 19.3 Å². The molecule has 8 heteroatoms. The van der Waals surface area contributed by atoms with Gasteiger partial charge in [-0.3, -0.25) is 9.59 Å². The second-order valence-electron chi connectivity index (χ2n) is 7.00. The van der Waals surface area contributed by atoms with Crippen LogP contribution in [0.5, 0.6) is 0 Å². The zero-order valence-electron chi connectivity index (χ0n) is 14.1. The normalized spacial score (nSPS) is 33.8. The first-order valence-corrected chi connectivity index (χ1v) is 10.5. The summed E-state index contributed by atoms with van der Waals surface area (Å²) in [5, 5.41) is 10.2. The fraction of sp³-hybridized carbons (Fsp3) is 0.647. The minimum Gasteiger partial charge on any atom is -0.351 e. The molecule has 0 aromatic heterocycles. The van der Waals surface area contributed by atoms with E-state index >= 15 is 0 Å². The van der Waals surface area contributed by atoms with Crippen molar-refractivity contribution in [2.24, 2.45) is 5.92 Å². The summed E-state index contributed by atoms with van der Waals surface area (Å²) in [6.07, 6.45) is 9.85. The van der Waals surface area contributed by atoms with Crippen LogP contribution in [0.4, 0.5) is 0 Å². The van der Waals surface area contributed by atoms with Gasteiger partial charge in [0.1, 0.15) is 0 Å². The fourth-order valence-electron chi connectivity index (χ4n) is 3.76. The molecular weight excluding hydrogens is 342 g/mol. The van der Waals surface area contributed by atoms with E-state index in [4.69, 9.17) is 0 Å². The lowest BCUT2D eigenvalue weighted by Crippen LogP contribution is -2.59. The molecule has 7 nitrogen and oxygen atoms in total. The maximum Gasteiger partial charge on any atom is 0.234 e. The highest BCUT2D eigenvalue weighted by Crippen LogP contribution is 2.27. The van der Waals surface area contributed by atoms with E-state index in [1.807, 2.05) is 0 Å². The molecule has 0 spiro atoms. The van der Waals surface area contributed by atoms with Crippen molar-refractivity contribution in [2.45, 2.75) is 50.2 Å². The van der Waals surface area contributed by atoms with Crippen molar-refractivity contribution in [1.82, 2.24) is 16.0 Å². The largest absolute Gasteiger partial charge is 0.351 e. The summed E-state index contributed by atoms with van der Waals surface area (Å²) in [6.45, 7) is 0.0618. The molecule has 0 aromatic rings. The highest BCUT2D eigenvalue weighted by molar-refractivity contribution is 7.94. The van der Waals surface area contributed by atoms with Gasteiger partial charge >= 0.3 is 0 Å². The predicted octanol–water partition coefficient (Wildman–Crippen LogP) is 0.00640. The van der Waals surface area contributed by atoms with Crippen LogP contribution in [0.2, 0.25) is 0 Å². The third-order valence-electron chi connectivity index (χ3n) is 5.06. The summed E-state index contributed by atoms with van der Waals surface area (Å²) in [6, 6.07) is -0.436. The Hall–Kier alpha value is -1.67. The zero-order valence-corrected chi connectivity index (χ0v) is 14.9. The molecule has 4 atom stereocenters. The summed E-state index contributed by atoms with van der Waals surface area (Å²) < 4.78 is 22.8. The van der Waals surface area contributed by atoms with Gasteiger partial charge in [-0.05, 0) is 31.6 Å². The van der Waals surface area contributed by atoms with Gasteiger partial charge in [0.2, 0.25) is 11.8 Å². The van der Waals surface area contributed by atoms with Crippen LogP contribution < -0.4 is 16.0 Å². The summed E-state index contributed by atoms with van der Waals surface area (Å²) >= 11 is 0. The zero-order chi connectivity index (χ0) is 17.9. The van der Waals surface area contributed by atoms with Crippen molar-refractivity contribution >= 4 is 21.7 Å². The monoisotopic (exact) mass is 367 g/mol. The van der Waals surface area contributed by atoms with Crippen LogP contribution in [0.1, 0.15) is 32.1 Å². The Morgan fingerprint density at radius 3 is 2.80 bits per heavy atom. The Labute approximate surface area is 148 Å². The van der Waals surface area contributed by atoms with E-state index < -0.39 is 9.84 Å². The van der Waals surface area contributed by atoms with Crippen LogP contribution >= 0.6 is 0 Å². The van der Waals surface area contributed by atoms with Crippen LogP contribution in [0.25, 0.3) is 0 Å². The number of hydrogen-bond donors (Lipinski definition) is 3. The lowest BCUT2D eigenvalue weighted by molar-refractivity contribution is -0.127. The SMILES string of the molecule is O=C(CNC1C=CS(=O)(=O)C1)N[C@@H]1CCC(=O)N[C@H]1C1CC=CCC1. The molecule has 1 saturated heterocycles. The molecule has 2 aliphatic heterocycles. The molecule has 1 fully saturated rings. The average molecular weight is 367 g/mol. The number of sulfone groups is 1. The maximum atomic E-state index is 12.3. The molecule has 3 N–H and O–H groups in total. The molecule has 1 aliphatic carbocycles. The standard InChI is InChI=1S/C17H25N3O4S/c21-15-7-6-14(17(20-15)12-4-2-1-3-5-12)19-16(22)10-18-13-8-9-25(23,24)11-13/h1-2,8-9,12-14,17-18H,3-7,10-11H2,(H,19,22)(H,20,21)/t12?,13?,14-,17+/m1/s1. The number of amides is 2. The number of rotatable bonds is 5. The molecule has 0 saturated carbocycles. The lowest BCUT2D eigenvalue weighted by atomic mass is 9.81. The Balaban J connectivity index is 1.52. The minimum atomic E-state index is -3.13. The van der Waals surface area contributed by atoms with Gasteiger partial charge in [0, 0.05) is 23.9 Å². The highest BCUT2D eigenvalue weighted by atomic mass is 32.2. The number of carbonyl (C=O) groups is 2. The quantitative estimate of drug-likeness (QED) is 0.594. The Kier molecular flexibility index (Phi) is 5.58. The Morgan fingerprint density at radius 2 is 2.12 bits per heavy atom. The van der Waals surface area contributed by atoms with Crippen LogP contribution in [0.3, 0.4) is 0 Å². The molecule has 25 heavy (non-hydrogen) atoms. The highest BCUT2D eigenvalue weighted by Gasteiger charge is 2.35. The van der Waals surface area contributed by atoms with Crippen LogP contribution in [-0.2, 0) is 19.4 Å². The Morgan fingerprint density at radius 1 is 1.28 bits per heavy atom. The van der Waals surface area contributed by atoms with Crippen LogP contribution in [0, 0.1) is 5.92 Å². The van der Waals surface area contributed by atoms with E-state index in [0.29, 0.717) is 18.8 Å². The molecule has 0 radical (unpaired) electrons. The second-order valence-corrected chi connectivity index (χ2v) is 8.93. The topological polar surface area (TPSA) is 104 Å². The molecule has 2 unspecified atom stereocenters. The van der Waals surface area contributed by atoms with E-state index in [1.165, 1.54) is 5.41 Å². The molecule has 0 aromatic carbocycles. The van der Waals surface area contributed by atoms with Crippen molar-refractivity contribution < 1.29 is 18.0 Å². The van der Waals surface area contributed by atoms with Gasteiger partial charge in [-0.2, -0.15) is 0 Å². The first-order chi connectivity index (χ1) is 11.9. The molecular formula is C17H25N3O4S. The van der Waals surface area contributed by atoms with Crippen molar-refractivity contribution in [3.05, 3.63) is 23.6 Å².